The maximum Gasteiger partial charge on any atom is 0.411 e. The van der Waals surface area contributed by atoms with Gasteiger partial charge in [0, 0.05) is 8.95 Å². The summed E-state index contributed by atoms with van der Waals surface area (Å²) in [4.78, 5) is 24.7. The van der Waals surface area contributed by atoms with E-state index in [1.165, 1.54) is 24.3 Å². The van der Waals surface area contributed by atoms with Gasteiger partial charge in [-0.05, 0) is 83.9 Å². The highest BCUT2D eigenvalue weighted by molar-refractivity contribution is 9.10. The lowest BCUT2D eigenvalue weighted by molar-refractivity contribution is -0.288. The zero-order valence-corrected chi connectivity index (χ0v) is 23.6. The van der Waals surface area contributed by atoms with Crippen LogP contribution in [-0.4, -0.2) is 24.3 Å². The van der Waals surface area contributed by atoms with Crippen molar-refractivity contribution in [1.29, 1.82) is 0 Å². The molecule has 41 heavy (non-hydrogen) atoms. The molecule has 4 aromatic carbocycles. The SMILES string of the molecule is O=C(Oc1ccc(C(c2ccc(OC(=O)c3ccc(Br)cc3)cc2)(C(F)(F)F)C(F)(F)F)cc1)c1ccc(Br)cc1. The number of rotatable bonds is 6. The van der Waals surface area contributed by atoms with Crippen molar-refractivity contribution in [1.82, 2.24) is 0 Å². The molecule has 0 saturated heterocycles. The van der Waals surface area contributed by atoms with Crippen molar-refractivity contribution >= 4 is 43.8 Å². The molecule has 0 aliphatic heterocycles. The number of hydrogen-bond donors (Lipinski definition) is 0. The zero-order chi connectivity index (χ0) is 30.0. The number of alkyl halides is 6. The predicted molar refractivity (Wildman–Crippen MR) is 144 cm³/mol. The molecule has 0 fully saturated rings. The van der Waals surface area contributed by atoms with E-state index in [0.717, 1.165) is 24.3 Å². The molecule has 4 nitrogen and oxygen atoms in total. The topological polar surface area (TPSA) is 52.6 Å². The van der Waals surface area contributed by atoms with Crippen molar-refractivity contribution in [3.63, 3.8) is 0 Å². The molecule has 0 unspecified atom stereocenters. The number of esters is 2. The Morgan fingerprint density at radius 1 is 0.488 bits per heavy atom. The highest BCUT2D eigenvalue weighted by atomic mass is 79.9. The van der Waals surface area contributed by atoms with Gasteiger partial charge in [0.2, 0.25) is 5.41 Å². The van der Waals surface area contributed by atoms with Crippen molar-refractivity contribution in [2.24, 2.45) is 0 Å². The summed E-state index contributed by atoms with van der Waals surface area (Å²) < 4.78 is 98.4. The third-order valence-electron chi connectivity index (χ3n) is 6.01. The van der Waals surface area contributed by atoms with Crippen LogP contribution in [0.5, 0.6) is 11.5 Å². The molecule has 4 aromatic rings. The number of hydrogen-bond acceptors (Lipinski definition) is 4. The number of carbonyl (C=O) groups is 2. The minimum Gasteiger partial charge on any atom is -0.423 e. The first-order valence-corrected chi connectivity index (χ1v) is 13.1. The minimum absolute atomic E-state index is 0.123. The Kier molecular flexibility index (Phi) is 8.65. The van der Waals surface area contributed by atoms with Crippen molar-refractivity contribution in [3.8, 4) is 11.5 Å². The van der Waals surface area contributed by atoms with Gasteiger partial charge in [-0.25, -0.2) is 9.59 Å². The molecule has 0 radical (unpaired) electrons. The second-order valence-corrected chi connectivity index (χ2v) is 10.4. The zero-order valence-electron chi connectivity index (χ0n) is 20.4. The Balaban J connectivity index is 1.66. The fraction of sp³-hybridized carbons (Fsp3) is 0.103. The maximum absolute atomic E-state index is 14.5. The van der Waals surface area contributed by atoms with Gasteiger partial charge in [0.25, 0.3) is 0 Å². The van der Waals surface area contributed by atoms with E-state index in [0.29, 0.717) is 33.2 Å². The van der Waals surface area contributed by atoms with E-state index in [-0.39, 0.29) is 22.6 Å². The van der Waals surface area contributed by atoms with Crippen LogP contribution < -0.4 is 9.47 Å². The molecule has 12 heteroatoms. The van der Waals surface area contributed by atoms with Gasteiger partial charge in [-0.15, -0.1) is 0 Å². The van der Waals surface area contributed by atoms with E-state index in [9.17, 15) is 35.9 Å². The largest absolute Gasteiger partial charge is 0.423 e. The van der Waals surface area contributed by atoms with Crippen LogP contribution in [0.3, 0.4) is 0 Å². The van der Waals surface area contributed by atoms with Crippen LogP contribution in [0.15, 0.2) is 106 Å². The van der Waals surface area contributed by atoms with E-state index in [2.05, 4.69) is 31.9 Å². The standard InChI is InChI=1S/C29H16Br2F6O4/c30-21-9-1-17(2-10-21)25(38)40-23-13-5-19(6-14-23)27(28(32,33)34,29(35,36)37)20-7-15-24(16-8-20)41-26(39)18-3-11-22(31)12-4-18/h1-16H. The summed E-state index contributed by atoms with van der Waals surface area (Å²) in [5.41, 5.74) is -6.50. The van der Waals surface area contributed by atoms with Crippen LogP contribution in [0.4, 0.5) is 26.3 Å². The van der Waals surface area contributed by atoms with E-state index in [1.54, 1.807) is 24.3 Å². The normalized spacial score (nSPS) is 12.1. The van der Waals surface area contributed by atoms with Gasteiger partial charge in [-0.1, -0.05) is 56.1 Å². The van der Waals surface area contributed by atoms with Crippen molar-refractivity contribution in [3.05, 3.63) is 128 Å². The second kappa shape index (κ2) is 11.7. The van der Waals surface area contributed by atoms with Crippen LogP contribution in [0, 0.1) is 0 Å². The Bertz CT molecular complexity index is 1410. The fourth-order valence-electron chi connectivity index (χ4n) is 4.03. The summed E-state index contributed by atoms with van der Waals surface area (Å²) in [5, 5.41) is 0. The Hall–Kier alpha value is -3.64. The molecule has 0 atom stereocenters. The summed E-state index contributed by atoms with van der Waals surface area (Å²) in [5.74, 6) is -2.21. The molecular formula is C29H16Br2F6O4. The van der Waals surface area contributed by atoms with E-state index < -0.39 is 40.8 Å². The highest BCUT2D eigenvalue weighted by Gasteiger charge is 2.72. The van der Waals surface area contributed by atoms with Gasteiger partial charge in [-0.2, -0.15) is 26.3 Å². The third-order valence-corrected chi connectivity index (χ3v) is 7.06. The average Bonchev–Trinajstić information content (AvgIpc) is 2.90. The monoisotopic (exact) mass is 700 g/mol. The summed E-state index contributed by atoms with van der Waals surface area (Å²) in [6.45, 7) is 0. The lowest BCUT2D eigenvalue weighted by atomic mass is 9.73. The number of halogens is 8. The second-order valence-electron chi connectivity index (χ2n) is 8.59. The molecule has 0 saturated carbocycles. The summed E-state index contributed by atoms with van der Waals surface area (Å²) >= 11 is 6.41. The molecule has 0 aromatic heterocycles. The molecule has 0 aliphatic rings. The number of ether oxygens (including phenoxy) is 2. The van der Waals surface area contributed by atoms with Crippen LogP contribution >= 0.6 is 31.9 Å². The summed E-state index contributed by atoms with van der Waals surface area (Å²) in [7, 11) is 0. The van der Waals surface area contributed by atoms with Crippen LogP contribution in [-0.2, 0) is 5.41 Å². The first-order chi connectivity index (χ1) is 19.2. The van der Waals surface area contributed by atoms with E-state index >= 15 is 0 Å². The van der Waals surface area contributed by atoms with Crippen molar-refractivity contribution in [2.75, 3.05) is 0 Å². The summed E-state index contributed by atoms with van der Waals surface area (Å²) in [6.07, 6.45) is -11.7. The molecule has 0 amide bonds. The Morgan fingerprint density at radius 3 is 1.05 bits per heavy atom. The van der Waals surface area contributed by atoms with Gasteiger partial charge in [0.05, 0.1) is 11.1 Å². The number of benzene rings is 4. The fourth-order valence-corrected chi connectivity index (χ4v) is 4.56. The van der Waals surface area contributed by atoms with E-state index in [1.807, 2.05) is 0 Å². The van der Waals surface area contributed by atoms with Gasteiger partial charge >= 0.3 is 24.3 Å². The lowest BCUT2D eigenvalue weighted by Gasteiger charge is -2.38. The first kappa shape index (κ1) is 30.3. The molecular weight excluding hydrogens is 686 g/mol. The van der Waals surface area contributed by atoms with Gasteiger partial charge in [0.15, 0.2) is 0 Å². The molecule has 0 N–H and O–H groups in total. The molecule has 0 bridgehead atoms. The quantitative estimate of drug-likeness (QED) is 0.114. The lowest BCUT2D eigenvalue weighted by Crippen LogP contribution is -2.54. The van der Waals surface area contributed by atoms with Gasteiger partial charge in [-0.3, -0.25) is 0 Å². The minimum atomic E-state index is -5.84. The molecule has 0 aliphatic carbocycles. The predicted octanol–water partition coefficient (Wildman–Crippen LogP) is 9.06. The Morgan fingerprint density at radius 2 is 0.780 bits per heavy atom. The van der Waals surface area contributed by atoms with Crippen LogP contribution in [0.2, 0.25) is 0 Å². The van der Waals surface area contributed by atoms with Crippen molar-refractivity contribution < 1.29 is 45.4 Å². The number of carbonyl (C=O) groups excluding carboxylic acids is 2. The third kappa shape index (κ3) is 6.33. The van der Waals surface area contributed by atoms with Gasteiger partial charge < -0.3 is 9.47 Å². The van der Waals surface area contributed by atoms with E-state index in [4.69, 9.17) is 9.47 Å². The first-order valence-electron chi connectivity index (χ1n) is 11.5. The smallest absolute Gasteiger partial charge is 0.411 e. The summed E-state index contributed by atoms with van der Waals surface area (Å²) in [6, 6.07) is 17.8. The molecule has 4 rings (SSSR count). The van der Waals surface area contributed by atoms with Crippen molar-refractivity contribution in [2.45, 2.75) is 17.8 Å². The van der Waals surface area contributed by atoms with Crippen LogP contribution in [0.1, 0.15) is 31.8 Å². The van der Waals surface area contributed by atoms with Crippen LogP contribution in [0.25, 0.3) is 0 Å². The molecule has 212 valence electrons. The molecule has 0 heterocycles. The average molecular weight is 702 g/mol. The highest BCUT2D eigenvalue weighted by Crippen LogP contribution is 2.56. The Labute approximate surface area is 246 Å². The maximum atomic E-state index is 14.5. The molecule has 0 spiro atoms. The van der Waals surface area contributed by atoms with Gasteiger partial charge in [0.1, 0.15) is 11.5 Å².